The maximum absolute atomic E-state index is 12.4. The molecular formula is C20H28N2O4. The Kier molecular flexibility index (Phi) is 5.95. The number of hydrogen-bond acceptors (Lipinski definition) is 4. The first-order valence-electron chi connectivity index (χ1n) is 8.88. The minimum absolute atomic E-state index is 0.151. The fourth-order valence-corrected chi connectivity index (χ4v) is 2.83. The summed E-state index contributed by atoms with van der Waals surface area (Å²) in [5.41, 5.74) is 1.97. The molecular weight excluding hydrogens is 332 g/mol. The van der Waals surface area contributed by atoms with Crippen molar-refractivity contribution in [3.05, 3.63) is 35.5 Å². The van der Waals surface area contributed by atoms with Crippen LogP contribution < -0.4 is 5.32 Å². The predicted molar refractivity (Wildman–Crippen MR) is 102 cm³/mol. The second-order valence-electron chi connectivity index (χ2n) is 7.41. The van der Waals surface area contributed by atoms with Crippen molar-refractivity contribution in [2.75, 3.05) is 13.2 Å². The van der Waals surface area contributed by atoms with Gasteiger partial charge in [0.1, 0.15) is 11.3 Å². The van der Waals surface area contributed by atoms with Gasteiger partial charge in [0.2, 0.25) is 0 Å². The molecule has 0 aliphatic heterocycles. The summed E-state index contributed by atoms with van der Waals surface area (Å²) in [5.74, 6) is -0.370. The third kappa shape index (κ3) is 4.77. The monoisotopic (exact) mass is 360 g/mol. The highest BCUT2D eigenvalue weighted by atomic mass is 16.6. The molecule has 1 unspecified atom stereocenters. The van der Waals surface area contributed by atoms with Crippen LogP contribution in [0.1, 0.15) is 56.7 Å². The third-order valence-electron chi connectivity index (χ3n) is 3.86. The minimum Gasteiger partial charge on any atom is -0.461 e. The Morgan fingerprint density at radius 3 is 2.54 bits per heavy atom. The van der Waals surface area contributed by atoms with E-state index in [0.29, 0.717) is 18.8 Å². The van der Waals surface area contributed by atoms with Crippen molar-refractivity contribution in [1.29, 1.82) is 0 Å². The van der Waals surface area contributed by atoms with Crippen molar-refractivity contribution in [2.24, 2.45) is 0 Å². The Balaban J connectivity index is 2.29. The van der Waals surface area contributed by atoms with Crippen LogP contribution >= 0.6 is 0 Å². The quantitative estimate of drug-likeness (QED) is 0.811. The first kappa shape index (κ1) is 19.8. The van der Waals surface area contributed by atoms with Crippen LogP contribution in [0.25, 0.3) is 10.9 Å². The van der Waals surface area contributed by atoms with E-state index in [1.165, 1.54) is 0 Å². The first-order chi connectivity index (χ1) is 12.1. The Labute approximate surface area is 154 Å². The van der Waals surface area contributed by atoms with Crippen molar-refractivity contribution >= 4 is 23.0 Å². The number of hydrogen-bond donors (Lipinski definition) is 1. The molecule has 0 fully saturated rings. The summed E-state index contributed by atoms with van der Waals surface area (Å²) in [6.45, 7) is 11.8. The van der Waals surface area contributed by atoms with Crippen LogP contribution in [0.5, 0.6) is 0 Å². The standard InChI is InChI=1S/C20H28N2O4/c1-7-25-18(23)17-11-15-10-13(2)8-9-16(15)22(17)14(3)12-21-19(24)26-20(4,5)6/h8-11,14H,7,12H2,1-6H3,(H,21,24). The molecule has 1 aromatic heterocycles. The normalized spacial score (nSPS) is 12.7. The predicted octanol–water partition coefficient (Wildman–Crippen LogP) is 4.21. The molecule has 1 heterocycles. The summed E-state index contributed by atoms with van der Waals surface area (Å²) in [6.07, 6.45) is -0.477. The zero-order valence-corrected chi connectivity index (χ0v) is 16.4. The molecule has 0 aliphatic rings. The summed E-state index contributed by atoms with van der Waals surface area (Å²) < 4.78 is 12.4. The van der Waals surface area contributed by atoms with Gasteiger partial charge in [-0.2, -0.15) is 0 Å². The van der Waals surface area contributed by atoms with E-state index >= 15 is 0 Å². The number of nitrogens with one attached hydrogen (secondary N) is 1. The van der Waals surface area contributed by atoms with E-state index in [4.69, 9.17) is 9.47 Å². The van der Waals surface area contributed by atoms with Crippen LogP contribution in [0.2, 0.25) is 0 Å². The Morgan fingerprint density at radius 1 is 1.23 bits per heavy atom. The minimum atomic E-state index is -0.554. The number of aromatic nitrogens is 1. The SMILES string of the molecule is CCOC(=O)c1cc2cc(C)ccc2n1C(C)CNC(=O)OC(C)(C)C. The fourth-order valence-electron chi connectivity index (χ4n) is 2.83. The maximum Gasteiger partial charge on any atom is 0.407 e. The molecule has 0 saturated carbocycles. The van der Waals surface area contributed by atoms with Crippen LogP contribution in [0.4, 0.5) is 4.79 Å². The second kappa shape index (κ2) is 7.81. The molecule has 26 heavy (non-hydrogen) atoms. The molecule has 1 amide bonds. The Bertz CT molecular complexity index is 802. The first-order valence-corrected chi connectivity index (χ1v) is 8.88. The van der Waals surface area contributed by atoms with Gasteiger partial charge in [-0.25, -0.2) is 9.59 Å². The van der Waals surface area contributed by atoms with Gasteiger partial charge in [-0.3, -0.25) is 0 Å². The van der Waals surface area contributed by atoms with Gasteiger partial charge < -0.3 is 19.4 Å². The third-order valence-corrected chi connectivity index (χ3v) is 3.86. The number of carbonyl (C=O) groups excluding carboxylic acids is 2. The molecule has 1 aromatic carbocycles. The number of aryl methyl sites for hydroxylation is 1. The van der Waals surface area contributed by atoms with Crippen molar-refractivity contribution in [2.45, 2.75) is 53.2 Å². The van der Waals surface area contributed by atoms with E-state index in [-0.39, 0.29) is 12.0 Å². The van der Waals surface area contributed by atoms with E-state index in [0.717, 1.165) is 16.5 Å². The second-order valence-corrected chi connectivity index (χ2v) is 7.41. The van der Waals surface area contributed by atoms with Crippen molar-refractivity contribution in [3.63, 3.8) is 0 Å². The molecule has 6 nitrogen and oxygen atoms in total. The Hall–Kier alpha value is -2.50. The molecule has 6 heteroatoms. The number of esters is 1. The molecule has 0 saturated heterocycles. The van der Waals surface area contributed by atoms with Gasteiger partial charge >= 0.3 is 12.1 Å². The lowest BCUT2D eigenvalue weighted by molar-refractivity contribution is 0.0512. The summed E-state index contributed by atoms with van der Waals surface area (Å²) in [4.78, 5) is 24.3. The van der Waals surface area contributed by atoms with Crippen LogP contribution in [-0.2, 0) is 9.47 Å². The van der Waals surface area contributed by atoms with E-state index in [1.54, 1.807) is 6.92 Å². The van der Waals surface area contributed by atoms with Gasteiger partial charge in [0.25, 0.3) is 0 Å². The van der Waals surface area contributed by atoms with E-state index in [9.17, 15) is 9.59 Å². The van der Waals surface area contributed by atoms with Crippen LogP contribution in [0.15, 0.2) is 24.3 Å². The maximum atomic E-state index is 12.4. The van der Waals surface area contributed by atoms with Gasteiger partial charge in [-0.1, -0.05) is 11.6 Å². The number of fused-ring (bicyclic) bond motifs is 1. The molecule has 0 radical (unpaired) electrons. The highest BCUT2D eigenvalue weighted by Crippen LogP contribution is 2.26. The van der Waals surface area contributed by atoms with E-state index < -0.39 is 11.7 Å². The van der Waals surface area contributed by atoms with Gasteiger partial charge in [0, 0.05) is 23.5 Å². The van der Waals surface area contributed by atoms with Gasteiger partial charge in [-0.15, -0.1) is 0 Å². The zero-order chi connectivity index (χ0) is 19.5. The summed E-state index contributed by atoms with van der Waals surface area (Å²) >= 11 is 0. The molecule has 2 rings (SSSR count). The number of benzene rings is 1. The topological polar surface area (TPSA) is 69.6 Å². The van der Waals surface area contributed by atoms with E-state index in [2.05, 4.69) is 5.32 Å². The Morgan fingerprint density at radius 2 is 1.92 bits per heavy atom. The van der Waals surface area contributed by atoms with Gasteiger partial charge in [0.15, 0.2) is 0 Å². The molecule has 142 valence electrons. The van der Waals surface area contributed by atoms with Crippen LogP contribution in [-0.4, -0.2) is 35.4 Å². The number of carbonyl (C=O) groups is 2. The number of ether oxygens (including phenoxy) is 2. The number of nitrogens with zero attached hydrogens (tertiary/aromatic N) is 1. The molecule has 0 spiro atoms. The number of amides is 1. The lowest BCUT2D eigenvalue weighted by Crippen LogP contribution is -2.35. The zero-order valence-electron chi connectivity index (χ0n) is 16.4. The van der Waals surface area contributed by atoms with Crippen LogP contribution in [0.3, 0.4) is 0 Å². The van der Waals surface area contributed by atoms with Crippen molar-refractivity contribution in [1.82, 2.24) is 9.88 Å². The lowest BCUT2D eigenvalue weighted by atomic mass is 10.2. The summed E-state index contributed by atoms with van der Waals surface area (Å²) in [6, 6.07) is 7.70. The van der Waals surface area contributed by atoms with Gasteiger partial charge in [-0.05, 0) is 59.7 Å². The van der Waals surface area contributed by atoms with Gasteiger partial charge in [0.05, 0.1) is 6.61 Å². The van der Waals surface area contributed by atoms with E-state index in [1.807, 2.05) is 63.5 Å². The van der Waals surface area contributed by atoms with Crippen molar-refractivity contribution < 1.29 is 19.1 Å². The molecule has 0 bridgehead atoms. The average molecular weight is 360 g/mol. The summed E-state index contributed by atoms with van der Waals surface area (Å²) in [5, 5.41) is 3.74. The highest BCUT2D eigenvalue weighted by molar-refractivity contribution is 5.96. The fraction of sp³-hybridized carbons (Fsp3) is 0.500. The highest BCUT2D eigenvalue weighted by Gasteiger charge is 2.22. The molecule has 0 aliphatic carbocycles. The lowest BCUT2D eigenvalue weighted by Gasteiger charge is -2.22. The average Bonchev–Trinajstić information content (AvgIpc) is 2.89. The largest absolute Gasteiger partial charge is 0.461 e. The molecule has 1 atom stereocenters. The smallest absolute Gasteiger partial charge is 0.407 e. The number of alkyl carbamates (subject to hydrolysis) is 1. The molecule has 1 N–H and O–H groups in total. The van der Waals surface area contributed by atoms with Crippen molar-refractivity contribution in [3.8, 4) is 0 Å². The summed E-state index contributed by atoms with van der Waals surface area (Å²) in [7, 11) is 0. The number of rotatable bonds is 5. The van der Waals surface area contributed by atoms with Crippen LogP contribution in [0, 0.1) is 6.92 Å². The molecule has 2 aromatic rings.